The van der Waals surface area contributed by atoms with E-state index in [-0.39, 0.29) is 17.8 Å². The number of hydrogen-bond acceptors (Lipinski definition) is 5. The first-order valence-electron chi connectivity index (χ1n) is 9.35. The van der Waals surface area contributed by atoms with Crippen LogP contribution in [0.25, 0.3) is 11.9 Å². The number of amidine groups is 1. The van der Waals surface area contributed by atoms with Crippen LogP contribution in [0.2, 0.25) is 0 Å². The summed E-state index contributed by atoms with van der Waals surface area (Å²) in [5, 5.41) is 7.31. The van der Waals surface area contributed by atoms with Gasteiger partial charge in [0.05, 0.1) is 5.69 Å². The zero-order valence-electron chi connectivity index (χ0n) is 16.1. The minimum absolute atomic E-state index is 0.0185. The molecule has 1 aromatic carbocycles. The molecular weight excluding hydrogens is 368 g/mol. The highest BCUT2D eigenvalue weighted by Gasteiger charge is 2.29. The highest BCUT2D eigenvalue weighted by molar-refractivity contribution is 5.96. The molecule has 1 saturated heterocycles. The lowest BCUT2D eigenvalue weighted by Crippen LogP contribution is -2.39. The van der Waals surface area contributed by atoms with Gasteiger partial charge in [-0.25, -0.2) is 14.6 Å². The van der Waals surface area contributed by atoms with Gasteiger partial charge in [0.1, 0.15) is 6.33 Å². The van der Waals surface area contributed by atoms with E-state index < -0.39 is 0 Å². The molecule has 0 bridgehead atoms. The quantitative estimate of drug-likeness (QED) is 0.526. The summed E-state index contributed by atoms with van der Waals surface area (Å²) in [6, 6.07) is 9.54. The van der Waals surface area contributed by atoms with Gasteiger partial charge < -0.3 is 14.8 Å². The third-order valence-corrected chi connectivity index (χ3v) is 4.82. The lowest BCUT2D eigenvalue weighted by molar-refractivity contribution is 0.0928. The van der Waals surface area contributed by atoms with Gasteiger partial charge in [-0.15, -0.1) is 5.10 Å². The number of carbonyl (C=O) groups excluding carboxylic acids is 1. The number of hydrogen-bond donors (Lipinski definition) is 1. The van der Waals surface area contributed by atoms with Crippen molar-refractivity contribution < 1.29 is 4.79 Å². The van der Waals surface area contributed by atoms with Crippen LogP contribution in [0.15, 0.2) is 60.6 Å². The molecule has 3 aromatic rings. The van der Waals surface area contributed by atoms with E-state index in [1.165, 1.54) is 0 Å². The summed E-state index contributed by atoms with van der Waals surface area (Å²) < 4.78 is 3.42. The average Bonchev–Trinajstić information content (AvgIpc) is 3.50. The summed E-state index contributed by atoms with van der Waals surface area (Å²) in [4.78, 5) is 27.6. The summed E-state index contributed by atoms with van der Waals surface area (Å²) in [6.45, 7) is 5.21. The summed E-state index contributed by atoms with van der Waals surface area (Å²) in [5.74, 6) is 1.38. The largest absolute Gasteiger partial charge is 0.352 e. The van der Waals surface area contributed by atoms with Crippen LogP contribution in [0.4, 0.5) is 0 Å². The number of nitrogens with one attached hydrogen (secondary N) is 1. The molecule has 1 fully saturated rings. The fraction of sp³-hybridized carbons (Fsp3) is 0.250. The molecule has 0 saturated carbocycles. The van der Waals surface area contributed by atoms with E-state index in [1.54, 1.807) is 30.5 Å². The van der Waals surface area contributed by atoms with Crippen molar-refractivity contribution in [3.8, 4) is 5.69 Å². The number of nitrogens with zero attached hydrogens (tertiary/aromatic N) is 7. The highest BCUT2D eigenvalue weighted by Crippen LogP contribution is 2.15. The lowest BCUT2D eigenvalue weighted by Gasteiger charge is -2.20. The number of imidazole rings is 1. The Kier molecular flexibility index (Phi) is 5.19. The number of rotatable bonds is 5. The van der Waals surface area contributed by atoms with Crippen LogP contribution in [0.5, 0.6) is 0 Å². The van der Waals surface area contributed by atoms with Crippen molar-refractivity contribution in [1.82, 2.24) is 34.5 Å². The maximum atomic E-state index is 12.6. The molecule has 9 heteroatoms. The zero-order valence-corrected chi connectivity index (χ0v) is 16.1. The molecular formula is C20H22N8O. The third-order valence-electron chi connectivity index (χ3n) is 4.82. The third kappa shape index (κ3) is 3.79. The van der Waals surface area contributed by atoms with Gasteiger partial charge in [0.25, 0.3) is 5.91 Å². The van der Waals surface area contributed by atoms with Crippen molar-refractivity contribution in [3.05, 3.63) is 67.3 Å². The second-order valence-electron chi connectivity index (χ2n) is 6.64. The number of carbonyl (C=O) groups is 1. The van der Waals surface area contributed by atoms with Gasteiger partial charge in [-0.1, -0.05) is 24.8 Å². The maximum absolute atomic E-state index is 12.6. The molecule has 1 aliphatic rings. The van der Waals surface area contributed by atoms with Crippen LogP contribution in [0.1, 0.15) is 22.9 Å². The fourth-order valence-corrected chi connectivity index (χ4v) is 3.41. The second-order valence-corrected chi connectivity index (χ2v) is 6.64. The molecule has 1 amide bonds. The van der Waals surface area contributed by atoms with Crippen LogP contribution in [0.3, 0.4) is 0 Å². The molecule has 0 radical (unpaired) electrons. The van der Waals surface area contributed by atoms with Crippen LogP contribution in [-0.4, -0.2) is 67.1 Å². The van der Waals surface area contributed by atoms with E-state index >= 15 is 0 Å². The van der Waals surface area contributed by atoms with Crippen LogP contribution in [-0.2, 0) is 0 Å². The Morgan fingerprint density at radius 1 is 1.31 bits per heavy atom. The van der Waals surface area contributed by atoms with Crippen molar-refractivity contribution >= 4 is 17.9 Å². The average molecular weight is 390 g/mol. The van der Waals surface area contributed by atoms with E-state index in [2.05, 4.69) is 36.9 Å². The Morgan fingerprint density at radius 3 is 2.90 bits per heavy atom. The van der Waals surface area contributed by atoms with Crippen molar-refractivity contribution in [2.24, 2.45) is 4.99 Å². The predicted molar refractivity (Wildman–Crippen MR) is 110 cm³/mol. The molecule has 29 heavy (non-hydrogen) atoms. The van der Waals surface area contributed by atoms with E-state index in [9.17, 15) is 4.79 Å². The first-order valence-corrected chi connectivity index (χ1v) is 9.35. The van der Waals surface area contributed by atoms with Gasteiger partial charge in [-0.2, -0.15) is 0 Å². The summed E-state index contributed by atoms with van der Waals surface area (Å²) in [5.41, 5.74) is 0.854. The van der Waals surface area contributed by atoms with Gasteiger partial charge >= 0.3 is 0 Å². The lowest BCUT2D eigenvalue weighted by atomic mass is 10.2. The standard InChI is InChI=1S/C20H22N8O/c1-3-26-12-10-22-19(26)18(21-2)27-11-9-15(13-27)24-20(29)17-23-14-28(25-17)16-7-5-4-6-8-16/h3-8,10,12,14-15H,1,9,11,13H2,2H3,(H,24,29)/b21-18+/t15-/m0/s1. The Hall–Kier alpha value is -3.75. The second kappa shape index (κ2) is 8.09. The minimum Gasteiger partial charge on any atom is -0.352 e. The molecule has 0 spiro atoms. The van der Waals surface area contributed by atoms with Crippen LogP contribution in [0, 0.1) is 0 Å². The normalized spacial score (nSPS) is 16.8. The molecule has 0 unspecified atom stereocenters. The van der Waals surface area contributed by atoms with Crippen LogP contribution >= 0.6 is 0 Å². The molecule has 1 N–H and O–H groups in total. The van der Waals surface area contributed by atoms with Gasteiger partial charge in [-0.05, 0) is 18.6 Å². The predicted octanol–water partition coefficient (Wildman–Crippen LogP) is 1.44. The smallest absolute Gasteiger partial charge is 0.291 e. The molecule has 9 nitrogen and oxygen atoms in total. The number of likely N-dealkylation sites (tertiary alicyclic amines) is 1. The van der Waals surface area contributed by atoms with Crippen molar-refractivity contribution in [2.75, 3.05) is 20.1 Å². The monoisotopic (exact) mass is 390 g/mol. The zero-order chi connectivity index (χ0) is 20.2. The number of aliphatic imine (C=N–C) groups is 1. The van der Waals surface area contributed by atoms with Crippen LogP contribution < -0.4 is 5.32 Å². The molecule has 4 rings (SSSR count). The molecule has 0 aliphatic carbocycles. The first-order chi connectivity index (χ1) is 14.2. The molecule has 148 valence electrons. The Labute approximate surface area is 168 Å². The summed E-state index contributed by atoms with van der Waals surface area (Å²) in [7, 11) is 1.74. The molecule has 1 atom stereocenters. The van der Waals surface area contributed by atoms with E-state index in [4.69, 9.17) is 0 Å². The van der Waals surface area contributed by atoms with Crippen molar-refractivity contribution in [3.63, 3.8) is 0 Å². The topological polar surface area (TPSA) is 93.2 Å². The SMILES string of the molecule is C=Cn1ccnc1/C(=N\C)N1CC[C@H](NC(=O)c2ncn(-c3ccccc3)n2)C1. The van der Waals surface area contributed by atoms with Gasteiger partial charge in [0.2, 0.25) is 5.82 Å². The fourth-order valence-electron chi connectivity index (χ4n) is 3.41. The number of aromatic nitrogens is 5. The molecule has 3 heterocycles. The highest BCUT2D eigenvalue weighted by atomic mass is 16.2. The number of para-hydroxylation sites is 1. The Balaban J connectivity index is 1.41. The number of amides is 1. The minimum atomic E-state index is -0.283. The van der Waals surface area contributed by atoms with E-state index in [1.807, 2.05) is 41.1 Å². The summed E-state index contributed by atoms with van der Waals surface area (Å²) in [6.07, 6.45) is 7.59. The van der Waals surface area contributed by atoms with Crippen molar-refractivity contribution in [1.29, 1.82) is 0 Å². The number of benzene rings is 1. The Bertz CT molecular complexity index is 1040. The van der Waals surface area contributed by atoms with E-state index in [0.29, 0.717) is 6.54 Å². The van der Waals surface area contributed by atoms with Gasteiger partial charge in [0.15, 0.2) is 11.7 Å². The van der Waals surface area contributed by atoms with Crippen molar-refractivity contribution in [2.45, 2.75) is 12.5 Å². The molecule has 2 aromatic heterocycles. The van der Waals surface area contributed by atoms with E-state index in [0.717, 1.165) is 30.3 Å². The van der Waals surface area contributed by atoms with Gasteiger partial charge in [-0.3, -0.25) is 9.79 Å². The maximum Gasteiger partial charge on any atom is 0.291 e. The first kappa shape index (κ1) is 18.6. The van der Waals surface area contributed by atoms with Gasteiger partial charge in [0, 0.05) is 44.8 Å². The molecule has 1 aliphatic heterocycles. The summed E-state index contributed by atoms with van der Waals surface area (Å²) >= 11 is 0. The Morgan fingerprint density at radius 2 is 2.14 bits per heavy atom.